The minimum Gasteiger partial charge on any atom is -0.390 e. The SMILES string of the molecule is CCC1(C(C)O)OC2OC(C)(C)OC2C1OC. The normalized spacial score (nSPS) is 45.9. The predicted octanol–water partition coefficient (Wildman–Crippen LogP) is 1.04. The minimum atomic E-state index is -0.749. The summed E-state index contributed by atoms with van der Waals surface area (Å²) in [6.07, 6.45) is -1.07. The zero-order valence-corrected chi connectivity index (χ0v) is 11.1. The average Bonchev–Trinajstić information content (AvgIpc) is 2.66. The Morgan fingerprint density at radius 3 is 2.41 bits per heavy atom. The molecular formula is C12H22O5. The van der Waals surface area contributed by atoms with Gasteiger partial charge in [0.1, 0.15) is 17.8 Å². The molecule has 5 unspecified atom stereocenters. The molecule has 2 aliphatic heterocycles. The molecule has 0 spiro atoms. The van der Waals surface area contributed by atoms with E-state index in [0.29, 0.717) is 6.42 Å². The Morgan fingerprint density at radius 1 is 1.29 bits per heavy atom. The second-order valence-corrected chi connectivity index (χ2v) is 5.23. The van der Waals surface area contributed by atoms with Crippen LogP contribution in [0.1, 0.15) is 34.1 Å². The molecule has 0 aromatic heterocycles. The molecule has 17 heavy (non-hydrogen) atoms. The second-order valence-electron chi connectivity index (χ2n) is 5.23. The van der Waals surface area contributed by atoms with Gasteiger partial charge in [-0.3, -0.25) is 0 Å². The zero-order chi connectivity index (χ0) is 12.8. The van der Waals surface area contributed by atoms with Crippen molar-refractivity contribution >= 4 is 0 Å². The first kappa shape index (κ1) is 13.2. The molecule has 5 nitrogen and oxygen atoms in total. The third kappa shape index (κ3) is 1.90. The van der Waals surface area contributed by atoms with Crippen molar-refractivity contribution in [2.24, 2.45) is 0 Å². The Kier molecular flexibility index (Phi) is 3.25. The predicted molar refractivity (Wildman–Crippen MR) is 60.4 cm³/mol. The molecule has 0 amide bonds. The molecule has 5 heteroatoms. The molecule has 2 heterocycles. The second kappa shape index (κ2) is 4.17. The van der Waals surface area contributed by atoms with Gasteiger partial charge in [-0.05, 0) is 27.2 Å². The van der Waals surface area contributed by atoms with Crippen LogP contribution < -0.4 is 0 Å². The van der Waals surface area contributed by atoms with Crippen LogP contribution in [-0.2, 0) is 18.9 Å². The van der Waals surface area contributed by atoms with E-state index in [-0.39, 0.29) is 12.2 Å². The molecule has 0 radical (unpaired) electrons. The Labute approximate surface area is 102 Å². The number of ether oxygens (including phenoxy) is 4. The molecule has 5 atom stereocenters. The van der Waals surface area contributed by atoms with E-state index in [4.69, 9.17) is 18.9 Å². The summed E-state index contributed by atoms with van der Waals surface area (Å²) >= 11 is 0. The van der Waals surface area contributed by atoms with Crippen LogP contribution in [0.3, 0.4) is 0 Å². The van der Waals surface area contributed by atoms with Gasteiger partial charge in [0.15, 0.2) is 12.1 Å². The van der Waals surface area contributed by atoms with Gasteiger partial charge < -0.3 is 24.1 Å². The summed E-state index contributed by atoms with van der Waals surface area (Å²) in [6, 6.07) is 0. The van der Waals surface area contributed by atoms with Crippen LogP contribution in [0.5, 0.6) is 0 Å². The van der Waals surface area contributed by atoms with Crippen LogP contribution in [0.2, 0.25) is 0 Å². The van der Waals surface area contributed by atoms with Crippen molar-refractivity contribution in [1.82, 2.24) is 0 Å². The molecule has 1 N–H and O–H groups in total. The van der Waals surface area contributed by atoms with Gasteiger partial charge in [0, 0.05) is 7.11 Å². The van der Waals surface area contributed by atoms with Crippen molar-refractivity contribution in [3.8, 4) is 0 Å². The van der Waals surface area contributed by atoms with E-state index in [1.165, 1.54) is 0 Å². The van der Waals surface area contributed by atoms with Gasteiger partial charge in [-0.25, -0.2) is 0 Å². The molecule has 2 aliphatic rings. The third-order valence-corrected chi connectivity index (χ3v) is 3.72. The number of aliphatic hydroxyl groups excluding tert-OH is 1. The summed E-state index contributed by atoms with van der Waals surface area (Å²) in [4.78, 5) is 0. The van der Waals surface area contributed by atoms with E-state index in [9.17, 15) is 5.11 Å². The lowest BCUT2D eigenvalue weighted by Crippen LogP contribution is -2.52. The zero-order valence-electron chi connectivity index (χ0n) is 11.1. The van der Waals surface area contributed by atoms with E-state index in [1.54, 1.807) is 14.0 Å². The summed E-state index contributed by atoms with van der Waals surface area (Å²) in [5.41, 5.74) is -0.749. The van der Waals surface area contributed by atoms with Crippen molar-refractivity contribution in [2.45, 2.75) is 70.1 Å². The van der Waals surface area contributed by atoms with Crippen LogP contribution in [0.15, 0.2) is 0 Å². The first-order chi connectivity index (χ1) is 7.86. The summed E-state index contributed by atoms with van der Waals surface area (Å²) in [7, 11) is 1.61. The van der Waals surface area contributed by atoms with Gasteiger partial charge in [0.25, 0.3) is 0 Å². The highest BCUT2D eigenvalue weighted by Gasteiger charge is 2.63. The standard InChI is InChI=1S/C12H22O5/c1-6-12(7(2)13)9(14-5)8-10(17-12)16-11(3,4)15-8/h7-10,13H,6H2,1-5H3. The largest absolute Gasteiger partial charge is 0.390 e. The van der Waals surface area contributed by atoms with Crippen LogP contribution in [0.25, 0.3) is 0 Å². The Balaban J connectivity index is 2.26. The first-order valence-electron chi connectivity index (χ1n) is 6.10. The van der Waals surface area contributed by atoms with Gasteiger partial charge in [0.2, 0.25) is 0 Å². The number of fused-ring (bicyclic) bond motifs is 1. The van der Waals surface area contributed by atoms with Gasteiger partial charge in [-0.2, -0.15) is 0 Å². The van der Waals surface area contributed by atoms with Gasteiger partial charge in [-0.1, -0.05) is 6.92 Å². The molecule has 0 saturated carbocycles. The van der Waals surface area contributed by atoms with Crippen molar-refractivity contribution < 1.29 is 24.1 Å². The number of aliphatic hydroxyl groups is 1. The minimum absolute atomic E-state index is 0.287. The molecule has 100 valence electrons. The maximum absolute atomic E-state index is 9.97. The summed E-state index contributed by atoms with van der Waals surface area (Å²) in [6.45, 7) is 7.36. The van der Waals surface area contributed by atoms with E-state index in [2.05, 4.69) is 0 Å². The summed E-state index contributed by atoms with van der Waals surface area (Å²) in [5, 5.41) is 9.97. The molecule has 0 aromatic rings. The molecule has 2 fully saturated rings. The summed E-state index contributed by atoms with van der Waals surface area (Å²) in [5.74, 6) is -0.662. The molecular weight excluding hydrogens is 224 g/mol. The third-order valence-electron chi connectivity index (χ3n) is 3.72. The molecule has 0 aromatic carbocycles. The number of rotatable bonds is 3. The van der Waals surface area contributed by atoms with Crippen LogP contribution >= 0.6 is 0 Å². The lowest BCUT2D eigenvalue weighted by molar-refractivity contribution is -0.259. The number of hydrogen-bond acceptors (Lipinski definition) is 5. The average molecular weight is 246 g/mol. The smallest absolute Gasteiger partial charge is 0.190 e. The molecule has 2 rings (SSSR count). The van der Waals surface area contributed by atoms with Crippen molar-refractivity contribution in [2.75, 3.05) is 7.11 Å². The van der Waals surface area contributed by atoms with E-state index in [0.717, 1.165) is 0 Å². The van der Waals surface area contributed by atoms with Crippen molar-refractivity contribution in [3.05, 3.63) is 0 Å². The highest BCUT2D eigenvalue weighted by atomic mass is 16.8. The monoisotopic (exact) mass is 246 g/mol. The van der Waals surface area contributed by atoms with Crippen LogP contribution in [-0.4, -0.2) is 48.2 Å². The quantitative estimate of drug-likeness (QED) is 0.806. The first-order valence-corrected chi connectivity index (χ1v) is 6.10. The highest BCUT2D eigenvalue weighted by molar-refractivity contribution is 5.06. The lowest BCUT2D eigenvalue weighted by atomic mass is 9.87. The Hall–Kier alpha value is -0.200. The van der Waals surface area contributed by atoms with Crippen LogP contribution in [0.4, 0.5) is 0 Å². The fraction of sp³-hybridized carbons (Fsp3) is 1.00. The fourth-order valence-electron chi connectivity index (χ4n) is 2.86. The van der Waals surface area contributed by atoms with Gasteiger partial charge in [0.05, 0.1) is 6.10 Å². The van der Waals surface area contributed by atoms with E-state index in [1.807, 2.05) is 20.8 Å². The molecule has 2 saturated heterocycles. The topological polar surface area (TPSA) is 57.2 Å². The fourth-order valence-corrected chi connectivity index (χ4v) is 2.86. The number of hydrogen-bond donors (Lipinski definition) is 1. The Bertz CT molecular complexity index is 291. The van der Waals surface area contributed by atoms with Crippen molar-refractivity contribution in [1.29, 1.82) is 0 Å². The number of methoxy groups -OCH3 is 1. The summed E-state index contributed by atoms with van der Waals surface area (Å²) < 4.78 is 22.9. The van der Waals surface area contributed by atoms with Gasteiger partial charge in [-0.15, -0.1) is 0 Å². The molecule has 0 bridgehead atoms. The van der Waals surface area contributed by atoms with Crippen LogP contribution in [0, 0.1) is 0 Å². The maximum atomic E-state index is 9.97. The lowest BCUT2D eigenvalue weighted by Gasteiger charge is -2.37. The Morgan fingerprint density at radius 2 is 1.94 bits per heavy atom. The maximum Gasteiger partial charge on any atom is 0.190 e. The van der Waals surface area contributed by atoms with E-state index >= 15 is 0 Å². The van der Waals surface area contributed by atoms with E-state index < -0.39 is 23.8 Å². The van der Waals surface area contributed by atoms with Gasteiger partial charge >= 0.3 is 0 Å². The highest BCUT2D eigenvalue weighted by Crippen LogP contribution is 2.46. The van der Waals surface area contributed by atoms with Crippen molar-refractivity contribution in [3.63, 3.8) is 0 Å². The molecule has 0 aliphatic carbocycles.